The second kappa shape index (κ2) is 9.66. The molecule has 1 amide bonds. The van der Waals surface area contributed by atoms with Crippen molar-refractivity contribution in [3.63, 3.8) is 0 Å². The van der Waals surface area contributed by atoms with E-state index in [1.807, 2.05) is 28.6 Å². The molecule has 34 heavy (non-hydrogen) atoms. The maximum atomic E-state index is 13.5. The molecule has 2 heterocycles. The second-order valence-corrected chi connectivity index (χ2v) is 9.33. The molecule has 2 aromatic carbocycles. The number of halogens is 2. The fourth-order valence-corrected chi connectivity index (χ4v) is 4.89. The summed E-state index contributed by atoms with van der Waals surface area (Å²) in [6.07, 6.45) is 3.87. The third-order valence-electron chi connectivity index (χ3n) is 7.10. The number of aromatic nitrogens is 2. The Morgan fingerprint density at radius 3 is 2.35 bits per heavy atom. The van der Waals surface area contributed by atoms with E-state index in [-0.39, 0.29) is 23.5 Å². The van der Waals surface area contributed by atoms with Gasteiger partial charge >= 0.3 is 0 Å². The van der Waals surface area contributed by atoms with E-state index in [2.05, 4.69) is 4.90 Å². The molecule has 1 aliphatic heterocycles. The standard InChI is InChI=1S/C27H30F2N4O/c1-2-32(27(34)20-4-3-5-20)18-25-24-17-31(16-19-6-8-21(28)9-7-19)15-14-26(24)33(30-25)23-12-10-22(29)11-13-23/h6-13,20H,2-5,14-18H2,1H3. The van der Waals surface area contributed by atoms with E-state index in [1.165, 1.54) is 24.3 Å². The number of rotatable bonds is 7. The Hall–Kier alpha value is -3.06. The summed E-state index contributed by atoms with van der Waals surface area (Å²) >= 11 is 0. The summed E-state index contributed by atoms with van der Waals surface area (Å²) in [7, 11) is 0. The third kappa shape index (κ3) is 4.62. The van der Waals surface area contributed by atoms with E-state index in [9.17, 15) is 13.6 Å². The first-order chi connectivity index (χ1) is 16.5. The molecule has 7 heteroatoms. The molecule has 3 aromatic rings. The summed E-state index contributed by atoms with van der Waals surface area (Å²) in [5.41, 5.74) is 5.04. The quantitative estimate of drug-likeness (QED) is 0.502. The number of fused-ring (bicyclic) bond motifs is 1. The minimum Gasteiger partial charge on any atom is -0.337 e. The maximum Gasteiger partial charge on any atom is 0.226 e. The first-order valence-corrected chi connectivity index (χ1v) is 12.1. The van der Waals surface area contributed by atoms with Crippen LogP contribution in [-0.2, 0) is 30.8 Å². The number of nitrogens with zero attached hydrogens (tertiary/aromatic N) is 4. The molecule has 1 aliphatic carbocycles. The van der Waals surface area contributed by atoms with Crippen LogP contribution in [0.5, 0.6) is 0 Å². The molecule has 1 aromatic heterocycles. The first kappa shape index (κ1) is 22.7. The molecule has 0 radical (unpaired) electrons. The van der Waals surface area contributed by atoms with Crippen LogP contribution in [0.15, 0.2) is 48.5 Å². The molecular weight excluding hydrogens is 434 g/mol. The maximum absolute atomic E-state index is 13.5. The molecule has 0 spiro atoms. The van der Waals surface area contributed by atoms with Crippen molar-refractivity contribution in [2.24, 2.45) is 5.92 Å². The Bertz CT molecular complexity index is 1150. The van der Waals surface area contributed by atoms with Gasteiger partial charge in [-0.2, -0.15) is 5.10 Å². The minimum atomic E-state index is -0.279. The molecule has 0 unspecified atom stereocenters. The smallest absolute Gasteiger partial charge is 0.226 e. The van der Waals surface area contributed by atoms with E-state index in [4.69, 9.17) is 5.10 Å². The molecule has 0 N–H and O–H groups in total. The lowest BCUT2D eigenvalue weighted by molar-refractivity contribution is -0.138. The molecule has 2 aliphatic rings. The summed E-state index contributed by atoms with van der Waals surface area (Å²) in [5, 5.41) is 4.94. The summed E-state index contributed by atoms with van der Waals surface area (Å²) in [6.45, 7) is 5.41. The molecule has 5 rings (SSSR count). The van der Waals surface area contributed by atoms with Gasteiger partial charge in [0.25, 0.3) is 0 Å². The molecule has 5 nitrogen and oxygen atoms in total. The van der Waals surface area contributed by atoms with Crippen LogP contribution in [0, 0.1) is 17.6 Å². The van der Waals surface area contributed by atoms with Gasteiger partial charge in [-0.1, -0.05) is 18.6 Å². The largest absolute Gasteiger partial charge is 0.337 e. The number of benzene rings is 2. The average Bonchev–Trinajstić information content (AvgIpc) is 3.16. The average molecular weight is 465 g/mol. The lowest BCUT2D eigenvalue weighted by atomic mass is 9.84. The zero-order valence-corrected chi connectivity index (χ0v) is 19.5. The van der Waals surface area contributed by atoms with Crippen LogP contribution < -0.4 is 0 Å². The zero-order valence-electron chi connectivity index (χ0n) is 19.5. The zero-order chi connectivity index (χ0) is 23.7. The van der Waals surface area contributed by atoms with E-state index >= 15 is 0 Å². The normalized spacial score (nSPS) is 16.2. The molecule has 1 saturated carbocycles. The topological polar surface area (TPSA) is 41.4 Å². The number of carbonyl (C=O) groups excluding carboxylic acids is 1. The van der Waals surface area contributed by atoms with Crippen LogP contribution in [-0.4, -0.2) is 38.6 Å². The van der Waals surface area contributed by atoms with Crippen molar-refractivity contribution in [1.82, 2.24) is 19.6 Å². The molecule has 0 saturated heterocycles. The first-order valence-electron chi connectivity index (χ1n) is 12.1. The molecule has 0 atom stereocenters. The van der Waals surface area contributed by atoms with Crippen LogP contribution in [0.4, 0.5) is 8.78 Å². The minimum absolute atomic E-state index is 0.143. The number of carbonyl (C=O) groups is 1. The van der Waals surface area contributed by atoms with Gasteiger partial charge in [0.15, 0.2) is 0 Å². The Kier molecular flexibility index (Phi) is 6.46. The molecule has 1 fully saturated rings. The highest BCUT2D eigenvalue weighted by molar-refractivity contribution is 5.79. The highest BCUT2D eigenvalue weighted by Crippen LogP contribution is 2.31. The van der Waals surface area contributed by atoms with Gasteiger partial charge in [-0.3, -0.25) is 9.69 Å². The van der Waals surface area contributed by atoms with Crippen LogP contribution in [0.3, 0.4) is 0 Å². The van der Waals surface area contributed by atoms with Crippen molar-refractivity contribution in [1.29, 1.82) is 0 Å². The van der Waals surface area contributed by atoms with E-state index < -0.39 is 0 Å². The Labute approximate surface area is 199 Å². The summed E-state index contributed by atoms with van der Waals surface area (Å²) in [5.74, 6) is -0.148. The van der Waals surface area contributed by atoms with Gasteiger partial charge in [-0.25, -0.2) is 13.5 Å². The van der Waals surface area contributed by atoms with Crippen LogP contribution in [0.1, 0.15) is 48.7 Å². The van der Waals surface area contributed by atoms with Crippen LogP contribution in [0.2, 0.25) is 0 Å². The summed E-state index contributed by atoms with van der Waals surface area (Å²) in [6, 6.07) is 13.0. The van der Waals surface area contributed by atoms with Gasteiger partial charge in [-0.05, 0) is 61.7 Å². The van der Waals surface area contributed by atoms with Crippen LogP contribution in [0.25, 0.3) is 5.69 Å². The predicted octanol–water partition coefficient (Wildman–Crippen LogP) is 4.86. The number of hydrogen-bond donors (Lipinski definition) is 0. The lowest BCUT2D eigenvalue weighted by Crippen LogP contribution is -2.39. The Morgan fingerprint density at radius 2 is 1.74 bits per heavy atom. The SMILES string of the molecule is CCN(Cc1nn(-c2ccc(F)cc2)c2c1CN(Cc1ccc(F)cc1)CC2)C(=O)C1CCC1. The lowest BCUT2D eigenvalue weighted by Gasteiger charge is -2.31. The van der Waals surface area contributed by atoms with Crippen molar-refractivity contribution in [2.45, 2.75) is 52.2 Å². The van der Waals surface area contributed by atoms with Gasteiger partial charge in [0.1, 0.15) is 11.6 Å². The van der Waals surface area contributed by atoms with Gasteiger partial charge < -0.3 is 4.90 Å². The van der Waals surface area contributed by atoms with E-state index in [1.54, 1.807) is 12.1 Å². The van der Waals surface area contributed by atoms with Gasteiger partial charge in [0.2, 0.25) is 5.91 Å². The van der Waals surface area contributed by atoms with E-state index in [0.717, 1.165) is 67.0 Å². The highest BCUT2D eigenvalue weighted by atomic mass is 19.1. The Balaban J connectivity index is 1.44. The van der Waals surface area contributed by atoms with Crippen molar-refractivity contribution in [3.05, 3.63) is 82.7 Å². The highest BCUT2D eigenvalue weighted by Gasteiger charge is 2.31. The number of amides is 1. The number of hydrogen-bond acceptors (Lipinski definition) is 3. The summed E-state index contributed by atoms with van der Waals surface area (Å²) < 4.78 is 28.8. The third-order valence-corrected chi connectivity index (χ3v) is 7.10. The van der Waals surface area contributed by atoms with E-state index in [0.29, 0.717) is 19.6 Å². The van der Waals surface area contributed by atoms with Crippen molar-refractivity contribution < 1.29 is 13.6 Å². The van der Waals surface area contributed by atoms with Gasteiger partial charge in [0, 0.05) is 44.1 Å². The molecule has 178 valence electrons. The summed E-state index contributed by atoms with van der Waals surface area (Å²) in [4.78, 5) is 17.2. The molecule has 0 bridgehead atoms. The molecular formula is C27H30F2N4O. The van der Waals surface area contributed by atoms with Gasteiger partial charge in [-0.15, -0.1) is 0 Å². The predicted molar refractivity (Wildman–Crippen MR) is 126 cm³/mol. The second-order valence-electron chi connectivity index (χ2n) is 9.33. The monoisotopic (exact) mass is 464 g/mol. The van der Waals surface area contributed by atoms with Crippen molar-refractivity contribution in [2.75, 3.05) is 13.1 Å². The Morgan fingerprint density at radius 1 is 1.06 bits per heavy atom. The van der Waals surface area contributed by atoms with Crippen molar-refractivity contribution in [3.8, 4) is 5.69 Å². The fourth-order valence-electron chi connectivity index (χ4n) is 4.89. The fraction of sp³-hybridized carbons (Fsp3) is 0.407. The van der Waals surface area contributed by atoms with Crippen molar-refractivity contribution >= 4 is 5.91 Å². The van der Waals surface area contributed by atoms with Gasteiger partial charge in [0.05, 0.1) is 23.6 Å². The van der Waals surface area contributed by atoms with Crippen LogP contribution >= 0.6 is 0 Å².